The highest BCUT2D eigenvalue weighted by molar-refractivity contribution is 5.44. The Morgan fingerprint density at radius 3 is 2.52 bits per heavy atom. The summed E-state index contributed by atoms with van der Waals surface area (Å²) < 4.78 is 16.5. The first kappa shape index (κ1) is 19.7. The fraction of sp³-hybridized carbons (Fsp3) is 0.455. The fourth-order valence-electron chi connectivity index (χ4n) is 3.58. The second-order valence-corrected chi connectivity index (χ2v) is 6.90. The van der Waals surface area contributed by atoms with Crippen LogP contribution in [0.2, 0.25) is 0 Å². The zero-order valence-corrected chi connectivity index (χ0v) is 16.5. The number of ether oxygens (including phenoxy) is 3. The average Bonchev–Trinajstić information content (AvgIpc) is 2.71. The van der Waals surface area contributed by atoms with Gasteiger partial charge >= 0.3 is 0 Å². The predicted molar refractivity (Wildman–Crippen MR) is 108 cm³/mol. The summed E-state index contributed by atoms with van der Waals surface area (Å²) in [5.41, 5.74) is 3.83. The average molecular weight is 370 g/mol. The van der Waals surface area contributed by atoms with Gasteiger partial charge in [-0.25, -0.2) is 0 Å². The molecular formula is C22H30N2O3. The van der Waals surface area contributed by atoms with Gasteiger partial charge in [0.2, 0.25) is 0 Å². The van der Waals surface area contributed by atoms with E-state index in [9.17, 15) is 0 Å². The lowest BCUT2D eigenvalue weighted by atomic mass is 10.0. The van der Waals surface area contributed by atoms with Crippen molar-refractivity contribution in [2.45, 2.75) is 19.5 Å². The molecule has 2 aromatic rings. The van der Waals surface area contributed by atoms with Crippen molar-refractivity contribution in [1.82, 2.24) is 10.2 Å². The highest BCUT2D eigenvalue weighted by atomic mass is 16.5. The van der Waals surface area contributed by atoms with Gasteiger partial charge in [0, 0.05) is 32.2 Å². The zero-order chi connectivity index (χ0) is 19.1. The lowest BCUT2D eigenvalue weighted by molar-refractivity contribution is 0.0160. The molecule has 146 valence electrons. The molecule has 0 aromatic heterocycles. The number of morpholine rings is 1. The van der Waals surface area contributed by atoms with Crippen molar-refractivity contribution in [3.05, 3.63) is 59.2 Å². The standard InChI is InChI=1S/C22H30N2O3/c1-17-5-4-6-18(13-17)15-23-16-20(24-9-11-27-12-10-24)19-7-8-21(25-2)22(14-19)26-3/h4-8,13-14,20,23H,9-12,15-16H2,1-3H3. The number of nitrogens with one attached hydrogen (secondary N) is 1. The molecule has 1 fully saturated rings. The van der Waals surface area contributed by atoms with Crippen LogP contribution in [-0.4, -0.2) is 52.0 Å². The molecule has 2 aromatic carbocycles. The van der Waals surface area contributed by atoms with Crippen LogP contribution in [-0.2, 0) is 11.3 Å². The molecule has 0 aliphatic carbocycles. The fourth-order valence-corrected chi connectivity index (χ4v) is 3.58. The third-order valence-electron chi connectivity index (χ3n) is 5.03. The highest BCUT2D eigenvalue weighted by Crippen LogP contribution is 2.32. The van der Waals surface area contributed by atoms with Crippen molar-refractivity contribution in [1.29, 1.82) is 0 Å². The Bertz CT molecular complexity index is 729. The third-order valence-corrected chi connectivity index (χ3v) is 5.03. The second-order valence-electron chi connectivity index (χ2n) is 6.90. The zero-order valence-electron chi connectivity index (χ0n) is 16.5. The van der Waals surface area contributed by atoms with E-state index >= 15 is 0 Å². The Morgan fingerprint density at radius 1 is 1.04 bits per heavy atom. The molecule has 27 heavy (non-hydrogen) atoms. The lowest BCUT2D eigenvalue weighted by Gasteiger charge is -2.35. The van der Waals surface area contributed by atoms with Gasteiger partial charge in [-0.2, -0.15) is 0 Å². The third kappa shape index (κ3) is 5.22. The van der Waals surface area contributed by atoms with Crippen molar-refractivity contribution in [3.63, 3.8) is 0 Å². The van der Waals surface area contributed by atoms with Crippen molar-refractivity contribution >= 4 is 0 Å². The number of methoxy groups -OCH3 is 2. The van der Waals surface area contributed by atoms with Crippen molar-refractivity contribution in [2.75, 3.05) is 47.1 Å². The highest BCUT2D eigenvalue weighted by Gasteiger charge is 2.23. The van der Waals surface area contributed by atoms with Crippen LogP contribution >= 0.6 is 0 Å². The Hall–Kier alpha value is -2.08. The maximum Gasteiger partial charge on any atom is 0.161 e. The smallest absolute Gasteiger partial charge is 0.161 e. The van der Waals surface area contributed by atoms with Crippen LogP contribution < -0.4 is 14.8 Å². The van der Waals surface area contributed by atoms with Crippen LogP contribution in [0.15, 0.2) is 42.5 Å². The number of nitrogens with zero attached hydrogens (tertiary/aromatic N) is 1. The summed E-state index contributed by atoms with van der Waals surface area (Å²) in [5, 5.41) is 3.64. The first-order chi connectivity index (χ1) is 13.2. The van der Waals surface area contributed by atoms with Crippen LogP contribution in [0.5, 0.6) is 11.5 Å². The SMILES string of the molecule is COc1ccc(C(CNCc2cccc(C)c2)N2CCOCC2)cc1OC. The molecule has 0 amide bonds. The van der Waals surface area contributed by atoms with E-state index in [4.69, 9.17) is 14.2 Å². The molecule has 1 atom stereocenters. The van der Waals surface area contributed by atoms with Gasteiger partial charge in [0.15, 0.2) is 11.5 Å². The van der Waals surface area contributed by atoms with E-state index in [-0.39, 0.29) is 6.04 Å². The van der Waals surface area contributed by atoms with E-state index < -0.39 is 0 Å². The summed E-state index contributed by atoms with van der Waals surface area (Å²) in [5.74, 6) is 1.53. The Kier molecular flexibility index (Phi) is 7.10. The molecule has 0 spiro atoms. The van der Waals surface area contributed by atoms with Crippen molar-refractivity contribution < 1.29 is 14.2 Å². The largest absolute Gasteiger partial charge is 0.493 e. The van der Waals surface area contributed by atoms with Gasteiger partial charge in [-0.05, 0) is 30.2 Å². The summed E-state index contributed by atoms with van der Waals surface area (Å²) >= 11 is 0. The van der Waals surface area contributed by atoms with Gasteiger partial charge in [-0.1, -0.05) is 35.9 Å². The molecule has 1 aliphatic rings. The molecule has 1 aliphatic heterocycles. The molecule has 5 heteroatoms. The van der Waals surface area contributed by atoms with E-state index in [0.29, 0.717) is 0 Å². The minimum atomic E-state index is 0.263. The molecule has 3 rings (SSSR count). The van der Waals surface area contributed by atoms with Crippen LogP contribution in [0.1, 0.15) is 22.7 Å². The monoisotopic (exact) mass is 370 g/mol. The Balaban J connectivity index is 1.74. The first-order valence-corrected chi connectivity index (χ1v) is 9.51. The van der Waals surface area contributed by atoms with Gasteiger partial charge in [0.1, 0.15) is 0 Å². The molecule has 0 radical (unpaired) electrons. The summed E-state index contributed by atoms with van der Waals surface area (Å²) in [6.07, 6.45) is 0. The van der Waals surface area contributed by atoms with E-state index in [1.54, 1.807) is 14.2 Å². The van der Waals surface area contributed by atoms with Gasteiger partial charge in [0.25, 0.3) is 0 Å². The van der Waals surface area contributed by atoms with Crippen molar-refractivity contribution in [2.24, 2.45) is 0 Å². The lowest BCUT2D eigenvalue weighted by Crippen LogP contribution is -2.42. The molecule has 1 heterocycles. The molecule has 5 nitrogen and oxygen atoms in total. The Morgan fingerprint density at radius 2 is 1.81 bits per heavy atom. The van der Waals surface area contributed by atoms with Crippen LogP contribution in [0, 0.1) is 6.92 Å². The van der Waals surface area contributed by atoms with Gasteiger partial charge in [-0.3, -0.25) is 4.90 Å². The molecule has 1 saturated heterocycles. The van der Waals surface area contributed by atoms with Gasteiger partial charge in [-0.15, -0.1) is 0 Å². The number of benzene rings is 2. The van der Waals surface area contributed by atoms with Crippen molar-refractivity contribution in [3.8, 4) is 11.5 Å². The van der Waals surface area contributed by atoms with Crippen LogP contribution in [0.4, 0.5) is 0 Å². The van der Waals surface area contributed by atoms with E-state index in [2.05, 4.69) is 53.5 Å². The minimum absolute atomic E-state index is 0.263. The Labute approximate surface area is 162 Å². The normalized spacial score (nSPS) is 16.1. The molecular weight excluding hydrogens is 340 g/mol. The van der Waals surface area contributed by atoms with E-state index in [1.165, 1.54) is 16.7 Å². The van der Waals surface area contributed by atoms with Crippen LogP contribution in [0.25, 0.3) is 0 Å². The number of rotatable bonds is 8. The summed E-state index contributed by atoms with van der Waals surface area (Å²) in [6.45, 7) is 7.28. The maximum absolute atomic E-state index is 5.55. The van der Waals surface area contributed by atoms with Crippen LogP contribution in [0.3, 0.4) is 0 Å². The van der Waals surface area contributed by atoms with Gasteiger partial charge in [0.05, 0.1) is 27.4 Å². The minimum Gasteiger partial charge on any atom is -0.493 e. The molecule has 1 N–H and O–H groups in total. The summed E-state index contributed by atoms with van der Waals surface area (Å²) in [6, 6.07) is 15.1. The van der Waals surface area contributed by atoms with E-state index in [1.807, 2.05) is 6.07 Å². The summed E-state index contributed by atoms with van der Waals surface area (Å²) in [7, 11) is 3.35. The molecule has 0 saturated carbocycles. The quantitative estimate of drug-likeness (QED) is 0.773. The summed E-state index contributed by atoms with van der Waals surface area (Å²) in [4.78, 5) is 2.48. The topological polar surface area (TPSA) is 43.0 Å². The maximum atomic E-state index is 5.55. The predicted octanol–water partition coefficient (Wildman–Crippen LogP) is 3.18. The molecule has 0 bridgehead atoms. The first-order valence-electron chi connectivity index (χ1n) is 9.51. The molecule has 1 unspecified atom stereocenters. The second kappa shape index (κ2) is 9.74. The number of hydrogen-bond acceptors (Lipinski definition) is 5. The van der Waals surface area contributed by atoms with Gasteiger partial charge < -0.3 is 19.5 Å². The van der Waals surface area contributed by atoms with E-state index in [0.717, 1.165) is 50.9 Å². The number of hydrogen-bond donors (Lipinski definition) is 1. The number of aryl methyl sites for hydroxylation is 1.